The largest absolute Gasteiger partial charge is 0.344 e. The van der Waals surface area contributed by atoms with E-state index >= 15 is 4.57 Å². The average Bonchev–Trinajstić information content (AvgIpc) is 2.91. The molecular formula is C26H35O3P. The van der Waals surface area contributed by atoms with Crippen LogP contribution >= 0.6 is 7.14 Å². The van der Waals surface area contributed by atoms with Gasteiger partial charge in [0.25, 0.3) is 0 Å². The summed E-state index contributed by atoms with van der Waals surface area (Å²) >= 11 is 0. The van der Waals surface area contributed by atoms with E-state index in [0.717, 1.165) is 36.3 Å². The molecule has 0 N–H and O–H groups in total. The molecule has 4 atom stereocenters. The van der Waals surface area contributed by atoms with Crippen LogP contribution in [-0.4, -0.2) is 23.7 Å². The molecular weight excluding hydrogens is 391 g/mol. The van der Waals surface area contributed by atoms with Gasteiger partial charge in [-0.25, -0.2) is 0 Å². The molecule has 0 amide bonds. The lowest BCUT2D eigenvalue weighted by Gasteiger charge is -2.38. The molecule has 2 aromatic carbocycles. The molecule has 162 valence electrons. The third-order valence-electron chi connectivity index (χ3n) is 7.16. The Balaban J connectivity index is 1.79. The molecule has 2 fully saturated rings. The van der Waals surface area contributed by atoms with Crippen LogP contribution in [0.5, 0.6) is 0 Å². The topological polar surface area (TPSA) is 35.5 Å². The Bertz CT molecular complexity index is 826. The van der Waals surface area contributed by atoms with Gasteiger partial charge in [0.15, 0.2) is 5.79 Å². The number of hydrogen-bond donors (Lipinski definition) is 0. The van der Waals surface area contributed by atoms with Crippen molar-refractivity contribution in [2.24, 2.45) is 11.8 Å². The van der Waals surface area contributed by atoms with Crippen LogP contribution in [0.3, 0.4) is 0 Å². The molecule has 0 bridgehead atoms. The summed E-state index contributed by atoms with van der Waals surface area (Å²) < 4.78 is 27.9. The Labute approximate surface area is 181 Å². The van der Waals surface area contributed by atoms with Crippen molar-refractivity contribution in [3.05, 3.63) is 60.7 Å². The van der Waals surface area contributed by atoms with Crippen LogP contribution < -0.4 is 10.6 Å². The summed E-state index contributed by atoms with van der Waals surface area (Å²) in [7, 11) is -2.84. The lowest BCUT2D eigenvalue weighted by Crippen LogP contribution is -2.38. The lowest BCUT2D eigenvalue weighted by atomic mass is 9.86. The van der Waals surface area contributed by atoms with Gasteiger partial charge in [0.05, 0.1) is 12.2 Å². The third kappa shape index (κ3) is 3.93. The third-order valence-corrected chi connectivity index (χ3v) is 10.9. The molecule has 1 spiro atoms. The van der Waals surface area contributed by atoms with Gasteiger partial charge in [-0.15, -0.1) is 0 Å². The van der Waals surface area contributed by atoms with E-state index < -0.39 is 12.9 Å². The fraction of sp³-hybridized carbons (Fsp3) is 0.538. The first kappa shape index (κ1) is 21.8. The van der Waals surface area contributed by atoms with Crippen molar-refractivity contribution < 1.29 is 14.0 Å². The highest BCUT2D eigenvalue weighted by molar-refractivity contribution is 7.79. The Hall–Kier alpha value is -1.41. The summed E-state index contributed by atoms with van der Waals surface area (Å²) in [5, 5.41) is 1.94. The molecule has 3 nitrogen and oxygen atoms in total. The normalized spacial score (nSPS) is 29.2. The van der Waals surface area contributed by atoms with E-state index in [0.29, 0.717) is 5.92 Å². The van der Waals surface area contributed by atoms with Gasteiger partial charge >= 0.3 is 0 Å². The van der Waals surface area contributed by atoms with E-state index in [2.05, 4.69) is 52.0 Å². The van der Waals surface area contributed by atoms with Crippen LogP contribution in [0.4, 0.5) is 0 Å². The summed E-state index contributed by atoms with van der Waals surface area (Å²) in [6, 6.07) is 20.3. The summed E-state index contributed by atoms with van der Waals surface area (Å²) in [5.74, 6) is 0.126. The Morgan fingerprint density at radius 2 is 1.40 bits per heavy atom. The lowest BCUT2D eigenvalue weighted by molar-refractivity contribution is -0.188. The monoisotopic (exact) mass is 426 g/mol. The number of benzene rings is 2. The highest BCUT2D eigenvalue weighted by Crippen LogP contribution is 2.58. The van der Waals surface area contributed by atoms with Crippen molar-refractivity contribution >= 4 is 17.8 Å². The SMILES string of the molecule is CC(C)[C@@H]1CC2(CCC[C@H]1P(=O)(c1ccccc1)c1ccccc1)O[C@H](C)[C@@H](C)O2. The number of ether oxygens (including phenoxy) is 2. The van der Waals surface area contributed by atoms with E-state index in [9.17, 15) is 0 Å². The maximum atomic E-state index is 15.1. The van der Waals surface area contributed by atoms with Crippen molar-refractivity contribution in [2.45, 2.75) is 77.0 Å². The van der Waals surface area contributed by atoms with Crippen LogP contribution in [-0.2, 0) is 14.0 Å². The Morgan fingerprint density at radius 1 is 0.900 bits per heavy atom. The zero-order valence-electron chi connectivity index (χ0n) is 18.7. The zero-order valence-corrected chi connectivity index (χ0v) is 19.6. The first-order chi connectivity index (χ1) is 14.4. The molecule has 1 saturated heterocycles. The van der Waals surface area contributed by atoms with E-state index in [1.54, 1.807) is 0 Å². The van der Waals surface area contributed by atoms with Gasteiger partial charge in [-0.2, -0.15) is 0 Å². The molecule has 1 saturated carbocycles. The van der Waals surface area contributed by atoms with Crippen molar-refractivity contribution in [3.63, 3.8) is 0 Å². The summed E-state index contributed by atoms with van der Waals surface area (Å²) in [6.45, 7) is 8.73. The summed E-state index contributed by atoms with van der Waals surface area (Å²) in [5.41, 5.74) is 0.0834. The molecule has 4 heteroatoms. The fourth-order valence-electron chi connectivity index (χ4n) is 5.47. The molecule has 30 heavy (non-hydrogen) atoms. The maximum Gasteiger partial charge on any atom is 0.169 e. The molecule has 1 aliphatic heterocycles. The predicted octanol–water partition coefficient (Wildman–Crippen LogP) is 5.74. The Kier molecular flexibility index (Phi) is 6.26. The fourth-order valence-corrected chi connectivity index (χ4v) is 9.29. The smallest absolute Gasteiger partial charge is 0.169 e. The van der Waals surface area contributed by atoms with Crippen molar-refractivity contribution in [1.29, 1.82) is 0 Å². The van der Waals surface area contributed by atoms with Gasteiger partial charge in [-0.05, 0) is 38.5 Å². The van der Waals surface area contributed by atoms with E-state index in [1.165, 1.54) is 0 Å². The van der Waals surface area contributed by atoms with Crippen LogP contribution in [0.15, 0.2) is 60.7 Å². The van der Waals surface area contributed by atoms with Crippen LogP contribution in [0.2, 0.25) is 0 Å². The number of rotatable bonds is 4. The molecule has 0 radical (unpaired) electrons. The minimum Gasteiger partial charge on any atom is -0.344 e. The molecule has 1 aliphatic carbocycles. The van der Waals surface area contributed by atoms with Crippen molar-refractivity contribution in [1.82, 2.24) is 0 Å². The first-order valence-electron chi connectivity index (χ1n) is 11.4. The summed E-state index contributed by atoms with van der Waals surface area (Å²) in [6.07, 6.45) is 3.80. The van der Waals surface area contributed by atoms with Crippen molar-refractivity contribution in [3.8, 4) is 0 Å². The van der Waals surface area contributed by atoms with E-state index in [1.807, 2.05) is 36.4 Å². The van der Waals surface area contributed by atoms with E-state index in [-0.39, 0.29) is 23.8 Å². The molecule has 4 rings (SSSR count). The van der Waals surface area contributed by atoms with Gasteiger partial charge in [0.1, 0.15) is 7.14 Å². The minimum atomic E-state index is -2.84. The van der Waals surface area contributed by atoms with E-state index in [4.69, 9.17) is 9.47 Å². The van der Waals surface area contributed by atoms with Crippen molar-refractivity contribution in [2.75, 3.05) is 0 Å². The van der Waals surface area contributed by atoms with Crippen LogP contribution in [0.1, 0.15) is 53.4 Å². The highest BCUT2D eigenvalue weighted by atomic mass is 31.2. The van der Waals surface area contributed by atoms with Gasteiger partial charge in [-0.1, -0.05) is 74.5 Å². The van der Waals surface area contributed by atoms with Crippen LogP contribution in [0, 0.1) is 11.8 Å². The second kappa shape index (κ2) is 8.61. The van der Waals surface area contributed by atoms with Crippen LogP contribution in [0.25, 0.3) is 0 Å². The molecule has 1 heterocycles. The van der Waals surface area contributed by atoms with Gasteiger partial charge in [-0.3, -0.25) is 0 Å². The molecule has 0 aromatic heterocycles. The standard InChI is InChI=1S/C26H35O3P/c1-19(2)24-18-26(28-20(3)21(4)29-26)17-11-16-25(24)30(27,22-12-7-5-8-13-22)23-14-9-6-10-15-23/h5-10,12-15,19-21,24-25H,11,16-18H2,1-4H3/t20-,21-,24+,25-/m1/s1. The van der Waals surface area contributed by atoms with Gasteiger partial charge < -0.3 is 14.0 Å². The quantitative estimate of drug-likeness (QED) is 0.585. The molecule has 2 aliphatic rings. The van der Waals surface area contributed by atoms with Gasteiger partial charge in [0.2, 0.25) is 0 Å². The second-order valence-corrected chi connectivity index (χ2v) is 12.5. The first-order valence-corrected chi connectivity index (χ1v) is 13.2. The van der Waals surface area contributed by atoms with Gasteiger partial charge in [0, 0.05) is 29.1 Å². The average molecular weight is 427 g/mol. The maximum absolute atomic E-state index is 15.1. The predicted molar refractivity (Wildman–Crippen MR) is 124 cm³/mol. The highest BCUT2D eigenvalue weighted by Gasteiger charge is 2.52. The second-order valence-electron chi connectivity index (χ2n) is 9.46. The summed E-state index contributed by atoms with van der Waals surface area (Å²) in [4.78, 5) is 0. The molecule has 0 unspecified atom stereocenters. The number of hydrogen-bond acceptors (Lipinski definition) is 3. The molecule has 2 aromatic rings. The minimum absolute atomic E-state index is 0.0834. The Morgan fingerprint density at radius 3 is 1.87 bits per heavy atom. The zero-order chi connectivity index (χ0) is 21.4.